The van der Waals surface area contributed by atoms with E-state index in [-0.39, 0.29) is 0 Å². The molecule has 0 radical (unpaired) electrons. The van der Waals surface area contributed by atoms with E-state index in [2.05, 4.69) is 14.8 Å². The van der Waals surface area contributed by atoms with Gasteiger partial charge in [0.2, 0.25) is 0 Å². The van der Waals surface area contributed by atoms with Crippen molar-refractivity contribution in [1.29, 1.82) is 0 Å². The number of hydrogen-bond acceptors (Lipinski definition) is 5. The molecule has 0 amide bonds. The maximum absolute atomic E-state index is 5.81. The average molecular weight is 288 g/mol. The Morgan fingerprint density at radius 2 is 2.05 bits per heavy atom. The molecule has 6 heteroatoms. The summed E-state index contributed by atoms with van der Waals surface area (Å²) in [7, 11) is 3.26. The number of nitrogens with zero attached hydrogens (tertiary/aromatic N) is 3. The highest BCUT2D eigenvalue weighted by Gasteiger charge is 2.23. The van der Waals surface area contributed by atoms with Gasteiger partial charge in [0, 0.05) is 18.5 Å². The van der Waals surface area contributed by atoms with E-state index in [0.717, 1.165) is 36.6 Å². The van der Waals surface area contributed by atoms with E-state index < -0.39 is 0 Å². The third kappa shape index (κ3) is 2.47. The predicted octanol–water partition coefficient (Wildman–Crippen LogP) is 1.48. The number of methoxy groups -OCH3 is 2. The lowest BCUT2D eigenvalue weighted by atomic mass is 9.99. The van der Waals surface area contributed by atoms with Crippen molar-refractivity contribution in [3.05, 3.63) is 24.0 Å². The van der Waals surface area contributed by atoms with Crippen LogP contribution in [0.25, 0.3) is 11.4 Å². The summed E-state index contributed by atoms with van der Waals surface area (Å²) in [6.07, 6.45) is 2.02. The first kappa shape index (κ1) is 13.9. The first-order valence-electron chi connectivity index (χ1n) is 7.11. The Hall–Kier alpha value is -2.08. The zero-order chi connectivity index (χ0) is 14.8. The van der Waals surface area contributed by atoms with Crippen molar-refractivity contribution in [2.24, 2.45) is 11.7 Å². The minimum atomic E-state index is 0.493. The summed E-state index contributed by atoms with van der Waals surface area (Å²) in [5.41, 5.74) is 6.79. The summed E-state index contributed by atoms with van der Waals surface area (Å²) >= 11 is 0. The SMILES string of the molecule is COc1ccc(-c2nnc3n2CC(CN)CC3)cc1OC. The van der Waals surface area contributed by atoms with E-state index >= 15 is 0 Å². The van der Waals surface area contributed by atoms with Gasteiger partial charge in [-0.2, -0.15) is 0 Å². The molecule has 0 saturated heterocycles. The molecule has 21 heavy (non-hydrogen) atoms. The van der Waals surface area contributed by atoms with Crippen molar-refractivity contribution in [1.82, 2.24) is 14.8 Å². The van der Waals surface area contributed by atoms with E-state index in [4.69, 9.17) is 15.2 Å². The van der Waals surface area contributed by atoms with Gasteiger partial charge in [0.1, 0.15) is 5.82 Å². The van der Waals surface area contributed by atoms with Gasteiger partial charge in [-0.15, -0.1) is 10.2 Å². The highest BCUT2D eigenvalue weighted by atomic mass is 16.5. The third-order valence-electron chi connectivity index (χ3n) is 4.02. The van der Waals surface area contributed by atoms with Gasteiger partial charge in [-0.05, 0) is 37.1 Å². The molecular formula is C15H20N4O2. The molecule has 2 aromatic rings. The third-order valence-corrected chi connectivity index (χ3v) is 4.02. The standard InChI is InChI=1S/C15H20N4O2/c1-20-12-5-4-11(7-13(12)21-2)15-18-17-14-6-3-10(8-16)9-19(14)15/h4-5,7,10H,3,6,8-9,16H2,1-2H3. The fourth-order valence-electron chi connectivity index (χ4n) is 2.78. The van der Waals surface area contributed by atoms with Gasteiger partial charge >= 0.3 is 0 Å². The van der Waals surface area contributed by atoms with Crippen LogP contribution in [0.4, 0.5) is 0 Å². The molecule has 0 aliphatic carbocycles. The van der Waals surface area contributed by atoms with Gasteiger partial charge in [0.25, 0.3) is 0 Å². The number of fused-ring (bicyclic) bond motifs is 1. The van der Waals surface area contributed by atoms with Crippen molar-refractivity contribution in [3.63, 3.8) is 0 Å². The molecule has 1 aromatic heterocycles. The number of hydrogen-bond donors (Lipinski definition) is 1. The minimum absolute atomic E-state index is 0.493. The second kappa shape index (κ2) is 5.73. The van der Waals surface area contributed by atoms with Gasteiger partial charge < -0.3 is 19.8 Å². The number of benzene rings is 1. The fourth-order valence-corrected chi connectivity index (χ4v) is 2.78. The summed E-state index contributed by atoms with van der Waals surface area (Å²) in [4.78, 5) is 0. The molecule has 1 unspecified atom stereocenters. The first-order chi connectivity index (χ1) is 10.3. The van der Waals surface area contributed by atoms with Crippen molar-refractivity contribution >= 4 is 0 Å². The number of nitrogens with two attached hydrogens (primary N) is 1. The van der Waals surface area contributed by atoms with E-state index in [1.165, 1.54) is 0 Å². The average Bonchev–Trinajstić information content (AvgIpc) is 2.97. The van der Waals surface area contributed by atoms with E-state index in [1.54, 1.807) is 14.2 Å². The lowest BCUT2D eigenvalue weighted by molar-refractivity contribution is 0.355. The zero-order valence-corrected chi connectivity index (χ0v) is 12.4. The van der Waals surface area contributed by atoms with Crippen molar-refractivity contribution in [2.75, 3.05) is 20.8 Å². The number of ether oxygens (including phenoxy) is 2. The van der Waals surface area contributed by atoms with E-state index in [0.29, 0.717) is 24.0 Å². The van der Waals surface area contributed by atoms with Crippen molar-refractivity contribution < 1.29 is 9.47 Å². The zero-order valence-electron chi connectivity index (χ0n) is 12.4. The van der Waals surface area contributed by atoms with E-state index in [1.807, 2.05) is 18.2 Å². The molecular weight excluding hydrogens is 268 g/mol. The lowest BCUT2D eigenvalue weighted by Gasteiger charge is -2.23. The molecule has 2 heterocycles. The molecule has 0 bridgehead atoms. The number of aryl methyl sites for hydroxylation is 1. The first-order valence-corrected chi connectivity index (χ1v) is 7.11. The van der Waals surface area contributed by atoms with Crippen LogP contribution in [0.1, 0.15) is 12.2 Å². The van der Waals surface area contributed by atoms with Crippen LogP contribution >= 0.6 is 0 Å². The topological polar surface area (TPSA) is 75.2 Å². The predicted molar refractivity (Wildman–Crippen MR) is 79.4 cm³/mol. The summed E-state index contributed by atoms with van der Waals surface area (Å²) in [5, 5.41) is 8.64. The smallest absolute Gasteiger partial charge is 0.164 e. The quantitative estimate of drug-likeness (QED) is 0.922. The minimum Gasteiger partial charge on any atom is -0.493 e. The normalized spacial score (nSPS) is 17.4. The Balaban J connectivity index is 2.00. The molecule has 0 spiro atoms. The second-order valence-electron chi connectivity index (χ2n) is 5.26. The molecule has 1 aliphatic heterocycles. The largest absolute Gasteiger partial charge is 0.493 e. The van der Waals surface area contributed by atoms with Crippen LogP contribution in [0, 0.1) is 5.92 Å². The Labute approximate surface area is 123 Å². The Morgan fingerprint density at radius 3 is 2.76 bits per heavy atom. The highest BCUT2D eigenvalue weighted by molar-refractivity contribution is 5.61. The summed E-state index contributed by atoms with van der Waals surface area (Å²) < 4.78 is 12.8. The van der Waals surface area contributed by atoms with Crippen molar-refractivity contribution in [3.8, 4) is 22.9 Å². The van der Waals surface area contributed by atoms with Crippen LogP contribution in [0.3, 0.4) is 0 Å². The Kier molecular flexibility index (Phi) is 3.79. The second-order valence-corrected chi connectivity index (χ2v) is 5.26. The van der Waals surface area contributed by atoms with Crippen LogP contribution in [-0.2, 0) is 13.0 Å². The summed E-state index contributed by atoms with van der Waals surface area (Å²) in [6.45, 7) is 1.57. The maximum Gasteiger partial charge on any atom is 0.164 e. The van der Waals surface area contributed by atoms with Crippen LogP contribution in [-0.4, -0.2) is 35.5 Å². The molecule has 0 fully saturated rings. The molecule has 3 rings (SSSR count). The molecule has 1 atom stereocenters. The van der Waals surface area contributed by atoms with Crippen LogP contribution in [0.15, 0.2) is 18.2 Å². The van der Waals surface area contributed by atoms with E-state index in [9.17, 15) is 0 Å². The molecule has 112 valence electrons. The van der Waals surface area contributed by atoms with Gasteiger partial charge in [0.15, 0.2) is 17.3 Å². The van der Waals surface area contributed by atoms with Gasteiger partial charge in [-0.3, -0.25) is 0 Å². The van der Waals surface area contributed by atoms with Crippen LogP contribution < -0.4 is 15.2 Å². The fraction of sp³-hybridized carbons (Fsp3) is 0.467. The Morgan fingerprint density at radius 1 is 1.24 bits per heavy atom. The summed E-state index contributed by atoms with van der Waals surface area (Å²) in [6, 6.07) is 5.80. The highest BCUT2D eigenvalue weighted by Crippen LogP contribution is 2.33. The Bertz CT molecular complexity index is 639. The molecule has 1 aromatic carbocycles. The summed E-state index contributed by atoms with van der Waals surface area (Å²) in [5.74, 6) is 3.79. The van der Waals surface area contributed by atoms with Gasteiger partial charge in [-0.1, -0.05) is 0 Å². The molecule has 6 nitrogen and oxygen atoms in total. The van der Waals surface area contributed by atoms with Gasteiger partial charge in [-0.25, -0.2) is 0 Å². The van der Waals surface area contributed by atoms with Crippen LogP contribution in [0.2, 0.25) is 0 Å². The molecule has 1 aliphatic rings. The van der Waals surface area contributed by atoms with Crippen molar-refractivity contribution in [2.45, 2.75) is 19.4 Å². The monoisotopic (exact) mass is 288 g/mol. The maximum atomic E-state index is 5.81. The van der Waals surface area contributed by atoms with Gasteiger partial charge in [0.05, 0.1) is 14.2 Å². The lowest BCUT2D eigenvalue weighted by Crippen LogP contribution is -2.26. The number of rotatable bonds is 4. The molecule has 2 N–H and O–H groups in total. The van der Waals surface area contributed by atoms with Crippen LogP contribution in [0.5, 0.6) is 11.5 Å². The number of aromatic nitrogens is 3. The molecule has 0 saturated carbocycles.